The second-order valence-electron chi connectivity index (χ2n) is 3.94. The normalized spacial score (nSPS) is 20.8. The molecule has 1 aromatic carbocycles. The molecule has 1 aliphatic heterocycles. The van der Waals surface area contributed by atoms with Gasteiger partial charge in [-0.15, -0.1) is 0 Å². The van der Waals surface area contributed by atoms with Crippen molar-refractivity contribution in [3.05, 3.63) is 40.3 Å². The number of nitrogens with one attached hydrogen (secondary N) is 1. The highest BCUT2D eigenvalue weighted by Crippen LogP contribution is 2.22. The minimum absolute atomic E-state index is 0.136. The molecule has 1 aliphatic rings. The zero-order chi connectivity index (χ0) is 13.3. The Kier molecular flexibility index (Phi) is 3.32. The molecule has 0 aromatic heterocycles. The molecule has 1 aromatic rings. The van der Waals surface area contributed by atoms with E-state index in [0.29, 0.717) is 0 Å². The number of carbonyl (C=O) groups is 1. The molecule has 0 fully saturated rings. The first kappa shape index (κ1) is 12.9. The van der Waals surface area contributed by atoms with Gasteiger partial charge in [0.05, 0.1) is 22.4 Å². The third-order valence-corrected chi connectivity index (χ3v) is 4.23. The number of nitrogens with two attached hydrogens (primary N) is 1. The topological polar surface area (TPSA) is 89.3 Å². The quantitative estimate of drug-likeness (QED) is 0.793. The maximum atomic E-state index is 11.9. The third kappa shape index (κ3) is 2.65. The molecule has 0 spiro atoms. The lowest BCUT2D eigenvalue weighted by Crippen LogP contribution is -2.36. The predicted molar refractivity (Wildman–Crippen MR) is 70.0 cm³/mol. The number of halogens is 1. The Morgan fingerprint density at radius 2 is 2.17 bits per heavy atom. The van der Waals surface area contributed by atoms with Crippen LogP contribution in [0.1, 0.15) is 10.4 Å². The number of benzene rings is 1. The fraction of sp³-hybridized carbons (Fsp3) is 0.182. The van der Waals surface area contributed by atoms with Gasteiger partial charge in [0.15, 0.2) is 9.84 Å². The van der Waals surface area contributed by atoms with E-state index in [9.17, 15) is 13.2 Å². The summed E-state index contributed by atoms with van der Waals surface area (Å²) in [7, 11) is -3.20. The highest BCUT2D eigenvalue weighted by atomic mass is 35.5. The molecule has 0 bridgehead atoms. The Morgan fingerprint density at radius 1 is 1.44 bits per heavy atom. The van der Waals surface area contributed by atoms with E-state index in [1.165, 1.54) is 6.08 Å². The van der Waals surface area contributed by atoms with E-state index in [1.807, 2.05) is 0 Å². The Hall–Kier alpha value is -1.53. The smallest absolute Gasteiger partial charge is 0.255 e. The molecule has 0 radical (unpaired) electrons. The van der Waals surface area contributed by atoms with E-state index in [0.717, 1.165) is 5.41 Å². The summed E-state index contributed by atoms with van der Waals surface area (Å²) in [5, 5.41) is 3.89. The Bertz CT molecular complexity index is 605. The van der Waals surface area contributed by atoms with Crippen molar-refractivity contribution in [3.8, 4) is 0 Å². The maximum Gasteiger partial charge on any atom is 0.255 e. The van der Waals surface area contributed by atoms with E-state index in [4.69, 9.17) is 17.3 Å². The first-order valence-corrected chi connectivity index (χ1v) is 7.24. The third-order valence-electron chi connectivity index (χ3n) is 2.52. The molecule has 96 valence electrons. The molecular formula is C11H11ClN2O3S. The number of nitrogen functional groups attached to an aromatic ring is 1. The molecule has 18 heavy (non-hydrogen) atoms. The van der Waals surface area contributed by atoms with Crippen LogP contribution in [-0.4, -0.2) is 26.1 Å². The molecule has 1 heterocycles. The van der Waals surface area contributed by atoms with Gasteiger partial charge in [0.25, 0.3) is 5.91 Å². The van der Waals surface area contributed by atoms with Crippen LogP contribution in [0, 0.1) is 0 Å². The Morgan fingerprint density at radius 3 is 2.72 bits per heavy atom. The molecule has 2 rings (SSSR count). The van der Waals surface area contributed by atoms with Crippen LogP contribution in [0.3, 0.4) is 0 Å². The van der Waals surface area contributed by atoms with Crippen LogP contribution < -0.4 is 11.1 Å². The van der Waals surface area contributed by atoms with Crippen molar-refractivity contribution in [3.63, 3.8) is 0 Å². The van der Waals surface area contributed by atoms with Gasteiger partial charge in [0, 0.05) is 11.1 Å². The van der Waals surface area contributed by atoms with Crippen LogP contribution in [0.25, 0.3) is 0 Å². The second kappa shape index (κ2) is 4.62. The van der Waals surface area contributed by atoms with Crippen molar-refractivity contribution in [2.24, 2.45) is 0 Å². The first-order chi connectivity index (χ1) is 8.39. The predicted octanol–water partition coefficient (Wildman–Crippen LogP) is 0.963. The van der Waals surface area contributed by atoms with Gasteiger partial charge in [0.1, 0.15) is 0 Å². The van der Waals surface area contributed by atoms with Crippen molar-refractivity contribution in [2.75, 3.05) is 11.5 Å². The summed E-state index contributed by atoms with van der Waals surface area (Å²) in [6, 6.07) is 4.20. The zero-order valence-electron chi connectivity index (χ0n) is 9.26. The minimum Gasteiger partial charge on any atom is -0.398 e. The SMILES string of the molecule is Nc1cccc(Cl)c1C(=O)NC1C=CS(=O)(=O)C1. The van der Waals surface area contributed by atoms with E-state index in [1.54, 1.807) is 18.2 Å². The van der Waals surface area contributed by atoms with Crippen molar-refractivity contribution >= 4 is 33.0 Å². The molecule has 7 heteroatoms. The number of anilines is 1. The summed E-state index contributed by atoms with van der Waals surface area (Å²) in [4.78, 5) is 11.9. The lowest BCUT2D eigenvalue weighted by atomic mass is 10.1. The number of hydrogen-bond donors (Lipinski definition) is 2. The molecule has 0 aliphatic carbocycles. The number of hydrogen-bond acceptors (Lipinski definition) is 4. The fourth-order valence-electron chi connectivity index (χ4n) is 1.69. The second-order valence-corrected chi connectivity index (χ2v) is 6.28. The summed E-state index contributed by atoms with van der Waals surface area (Å²) in [6.45, 7) is 0. The highest BCUT2D eigenvalue weighted by Gasteiger charge is 2.24. The number of carbonyl (C=O) groups excluding carboxylic acids is 1. The molecule has 1 unspecified atom stereocenters. The van der Waals surface area contributed by atoms with Crippen LogP contribution >= 0.6 is 11.6 Å². The van der Waals surface area contributed by atoms with Crippen molar-refractivity contribution in [2.45, 2.75) is 6.04 Å². The van der Waals surface area contributed by atoms with Gasteiger partial charge < -0.3 is 11.1 Å². The average molecular weight is 287 g/mol. The van der Waals surface area contributed by atoms with Crippen molar-refractivity contribution in [1.82, 2.24) is 5.32 Å². The number of sulfone groups is 1. The fourth-order valence-corrected chi connectivity index (χ4v) is 3.19. The van der Waals surface area contributed by atoms with Gasteiger partial charge in [-0.25, -0.2) is 8.42 Å². The minimum atomic E-state index is -3.20. The summed E-state index contributed by atoms with van der Waals surface area (Å²) in [5.74, 6) is -0.617. The van der Waals surface area contributed by atoms with Crippen LogP contribution in [-0.2, 0) is 9.84 Å². The van der Waals surface area contributed by atoms with Crippen LogP contribution in [0.2, 0.25) is 5.02 Å². The molecule has 1 amide bonds. The van der Waals surface area contributed by atoms with E-state index in [-0.39, 0.29) is 22.0 Å². The summed E-state index contributed by atoms with van der Waals surface area (Å²) < 4.78 is 22.4. The molecule has 5 nitrogen and oxygen atoms in total. The van der Waals surface area contributed by atoms with Gasteiger partial charge in [-0.1, -0.05) is 17.7 Å². The van der Waals surface area contributed by atoms with Gasteiger partial charge in [-0.05, 0) is 18.2 Å². The lowest BCUT2D eigenvalue weighted by Gasteiger charge is -2.12. The van der Waals surface area contributed by atoms with Crippen LogP contribution in [0.5, 0.6) is 0 Å². The molecular weight excluding hydrogens is 276 g/mol. The number of rotatable bonds is 2. The van der Waals surface area contributed by atoms with Gasteiger partial charge in [0.2, 0.25) is 0 Å². The molecule has 0 saturated carbocycles. The average Bonchev–Trinajstić information content (AvgIpc) is 2.57. The highest BCUT2D eigenvalue weighted by molar-refractivity contribution is 7.94. The standard InChI is InChI=1S/C11H11ClN2O3S/c12-8-2-1-3-9(13)10(8)11(15)14-7-4-5-18(16,17)6-7/h1-5,7H,6,13H2,(H,14,15). The largest absolute Gasteiger partial charge is 0.398 e. The van der Waals surface area contributed by atoms with Crippen molar-refractivity contribution in [1.29, 1.82) is 0 Å². The van der Waals surface area contributed by atoms with Crippen LogP contribution in [0.4, 0.5) is 5.69 Å². The molecule has 0 saturated heterocycles. The summed E-state index contributed by atoms with van der Waals surface area (Å²) >= 11 is 5.89. The number of amides is 1. The summed E-state index contributed by atoms with van der Waals surface area (Å²) in [5.41, 5.74) is 6.09. The van der Waals surface area contributed by atoms with Gasteiger partial charge in [-0.2, -0.15) is 0 Å². The summed E-state index contributed by atoms with van der Waals surface area (Å²) in [6.07, 6.45) is 1.43. The molecule has 1 atom stereocenters. The Labute approximate surface area is 110 Å². The van der Waals surface area contributed by atoms with Gasteiger partial charge in [-0.3, -0.25) is 4.79 Å². The van der Waals surface area contributed by atoms with Crippen LogP contribution in [0.15, 0.2) is 29.7 Å². The van der Waals surface area contributed by atoms with Crippen molar-refractivity contribution < 1.29 is 13.2 Å². The zero-order valence-corrected chi connectivity index (χ0v) is 10.8. The monoisotopic (exact) mass is 286 g/mol. The van der Waals surface area contributed by atoms with E-state index >= 15 is 0 Å². The Balaban J connectivity index is 2.17. The lowest BCUT2D eigenvalue weighted by molar-refractivity contribution is 0.0949. The van der Waals surface area contributed by atoms with Gasteiger partial charge >= 0.3 is 0 Å². The maximum absolute atomic E-state index is 11.9. The first-order valence-electron chi connectivity index (χ1n) is 5.15. The van der Waals surface area contributed by atoms with E-state index in [2.05, 4.69) is 5.32 Å². The van der Waals surface area contributed by atoms with E-state index < -0.39 is 21.8 Å². The molecule has 3 N–H and O–H groups in total.